The largest absolute Gasteiger partial charge is 0.497 e. The summed E-state index contributed by atoms with van der Waals surface area (Å²) in [7, 11) is 0.275. The van der Waals surface area contributed by atoms with Crippen molar-refractivity contribution in [1.29, 1.82) is 0 Å². The first-order valence-corrected chi connectivity index (χ1v) is 17.6. The third-order valence-electron chi connectivity index (χ3n) is 8.87. The van der Waals surface area contributed by atoms with Crippen LogP contribution in [0.1, 0.15) is 71.5 Å². The highest BCUT2D eigenvalue weighted by Crippen LogP contribution is 2.50. The normalized spacial score (nSPS) is 18.6. The summed E-state index contributed by atoms with van der Waals surface area (Å²) in [6.45, 7) is 1.27. The van der Waals surface area contributed by atoms with Crippen molar-refractivity contribution in [2.24, 2.45) is 0 Å². The number of carbonyl (C=O) groups is 1. The van der Waals surface area contributed by atoms with Gasteiger partial charge >= 0.3 is 0 Å². The van der Waals surface area contributed by atoms with Crippen LogP contribution in [-0.4, -0.2) is 65.3 Å². The second-order valence-corrected chi connectivity index (χ2v) is 14.2. The number of rotatable bonds is 13. The van der Waals surface area contributed by atoms with E-state index >= 15 is 0 Å². The molecule has 0 radical (unpaired) electrons. The van der Waals surface area contributed by atoms with Gasteiger partial charge in [0.05, 0.1) is 37.8 Å². The number of aliphatic hydroxyl groups excluding tert-OH is 1. The van der Waals surface area contributed by atoms with Crippen molar-refractivity contribution in [2.75, 3.05) is 37.4 Å². The van der Waals surface area contributed by atoms with Crippen LogP contribution in [0.4, 0.5) is 5.69 Å². The number of carbonyl (C=O) groups excluding carboxylic acids is 1. The zero-order chi connectivity index (χ0) is 31.8. The zero-order valence-corrected chi connectivity index (χ0v) is 27.1. The van der Waals surface area contributed by atoms with Gasteiger partial charge in [0.25, 0.3) is 5.91 Å². The Balaban J connectivity index is 1.35. The number of hydrogen-bond acceptors (Lipinski definition) is 8. The first kappa shape index (κ1) is 33.1. The molecular formula is C35H47N3O6S. The van der Waals surface area contributed by atoms with E-state index in [1.54, 1.807) is 24.6 Å². The van der Waals surface area contributed by atoms with Gasteiger partial charge in [-0.1, -0.05) is 43.2 Å². The van der Waals surface area contributed by atoms with Crippen LogP contribution in [0.15, 0.2) is 66.7 Å². The molecule has 10 heteroatoms. The Bertz CT molecular complexity index is 1390. The predicted octanol–water partition coefficient (Wildman–Crippen LogP) is 6.12. The van der Waals surface area contributed by atoms with Crippen molar-refractivity contribution >= 4 is 22.4 Å². The number of benzene rings is 3. The van der Waals surface area contributed by atoms with Crippen LogP contribution < -0.4 is 24.4 Å². The molecule has 2 aliphatic rings. The molecule has 0 aromatic heterocycles. The Kier molecular flexibility index (Phi) is 11.3. The number of methoxy groups -OCH3 is 2. The van der Waals surface area contributed by atoms with Crippen LogP contribution in [0.3, 0.4) is 0 Å². The minimum Gasteiger partial charge on any atom is -0.497 e. The first-order chi connectivity index (χ1) is 21.8. The maximum absolute atomic E-state index is 13.9. The molecule has 0 unspecified atom stereocenters. The van der Waals surface area contributed by atoms with Gasteiger partial charge in [-0.15, -0.1) is 10.8 Å². The molecule has 1 amide bonds. The second-order valence-electron chi connectivity index (χ2n) is 12.1. The van der Waals surface area contributed by atoms with Crippen LogP contribution >= 0.6 is 10.8 Å². The minimum atomic E-state index is -2.94. The number of nitrogens with zero attached hydrogens (tertiary/aromatic N) is 1. The average molecular weight is 638 g/mol. The van der Waals surface area contributed by atoms with Crippen molar-refractivity contribution in [3.05, 3.63) is 89.0 Å². The molecule has 3 aromatic carbocycles. The highest BCUT2D eigenvalue weighted by molar-refractivity contribution is 8.25. The van der Waals surface area contributed by atoms with Crippen LogP contribution in [-0.2, 0) is 13.0 Å². The molecule has 0 bridgehead atoms. The third kappa shape index (κ3) is 8.71. The summed E-state index contributed by atoms with van der Waals surface area (Å²) in [6, 6.07) is 20.6. The summed E-state index contributed by atoms with van der Waals surface area (Å²) in [5, 5.41) is 17.9. The number of amides is 1. The van der Waals surface area contributed by atoms with E-state index in [2.05, 4.69) is 10.6 Å². The lowest BCUT2D eigenvalue weighted by Crippen LogP contribution is -2.48. The average Bonchev–Trinajstić information content (AvgIpc) is 3.60. The smallest absolute Gasteiger partial charge is 0.251 e. The summed E-state index contributed by atoms with van der Waals surface area (Å²) in [5.41, 5.74) is 4.16. The second kappa shape index (κ2) is 15.3. The standard InChI is InChI=1S/C35H47N3O6S/c1-43-31-16-26(17-32(22-31)44-2)23-36-24-34(39)33(18-25-10-4-3-5-11-25)37-35(40)29-19-28(27-12-6-7-13-27)20-30(21-29)38-14-8-9-15-45(38,41)42/h3-5,10-11,16-17,19-22,27,33-34,36,39,41-42H,6-9,12-15,18,23-24H2,1-2H3,(H,37,40)/t33-,34-/m0/s1. The Morgan fingerprint density at radius 2 is 1.64 bits per heavy atom. The fraction of sp³-hybridized carbons (Fsp3) is 0.457. The molecule has 0 spiro atoms. The van der Waals surface area contributed by atoms with Crippen LogP contribution in [0.25, 0.3) is 0 Å². The molecule has 1 heterocycles. The third-order valence-corrected chi connectivity index (χ3v) is 10.8. The van der Waals surface area contributed by atoms with E-state index in [9.17, 15) is 19.0 Å². The molecule has 1 aliphatic heterocycles. The predicted molar refractivity (Wildman–Crippen MR) is 181 cm³/mol. The van der Waals surface area contributed by atoms with Gasteiger partial charge in [0.15, 0.2) is 0 Å². The summed E-state index contributed by atoms with van der Waals surface area (Å²) < 4.78 is 34.2. The van der Waals surface area contributed by atoms with Gasteiger partial charge in [0.2, 0.25) is 0 Å². The summed E-state index contributed by atoms with van der Waals surface area (Å²) in [4.78, 5) is 13.9. The van der Waals surface area contributed by atoms with E-state index in [4.69, 9.17) is 9.47 Å². The van der Waals surface area contributed by atoms with E-state index < -0.39 is 22.9 Å². The highest BCUT2D eigenvalue weighted by Gasteiger charge is 2.30. The van der Waals surface area contributed by atoms with E-state index in [0.29, 0.717) is 53.9 Å². The number of nitrogens with one attached hydrogen (secondary N) is 2. The zero-order valence-electron chi connectivity index (χ0n) is 26.3. The lowest BCUT2D eigenvalue weighted by Gasteiger charge is -2.47. The van der Waals surface area contributed by atoms with Crippen molar-refractivity contribution in [3.8, 4) is 11.5 Å². The Morgan fingerprint density at radius 1 is 0.933 bits per heavy atom. The molecule has 45 heavy (non-hydrogen) atoms. The fourth-order valence-corrected chi connectivity index (χ4v) is 8.06. The Hall–Kier alpha value is -3.28. The summed E-state index contributed by atoms with van der Waals surface area (Å²) >= 11 is 0. The molecule has 2 fully saturated rings. The molecule has 2 atom stereocenters. The van der Waals surface area contributed by atoms with Crippen LogP contribution in [0.5, 0.6) is 11.5 Å². The molecular weight excluding hydrogens is 590 g/mol. The number of hydrogen-bond donors (Lipinski definition) is 5. The molecule has 1 saturated heterocycles. The Labute approximate surface area is 268 Å². The van der Waals surface area contributed by atoms with Crippen molar-refractivity contribution in [3.63, 3.8) is 0 Å². The molecule has 5 N–H and O–H groups in total. The van der Waals surface area contributed by atoms with Gasteiger partial charge in [0.1, 0.15) is 11.5 Å². The summed E-state index contributed by atoms with van der Waals surface area (Å²) in [6.07, 6.45) is 5.62. The molecule has 9 nitrogen and oxygen atoms in total. The Morgan fingerprint density at radius 3 is 2.31 bits per heavy atom. The SMILES string of the molecule is COc1cc(CNC[C@H](O)[C@H](Cc2ccccc2)NC(=O)c2cc(C3CCCC3)cc(N3CCCCS3(O)O)c2)cc(OC)c1. The lowest BCUT2D eigenvalue weighted by molar-refractivity contribution is 0.0829. The van der Waals surface area contributed by atoms with Gasteiger partial charge in [-0.2, -0.15) is 0 Å². The van der Waals surface area contributed by atoms with E-state index in [1.165, 1.54) is 0 Å². The van der Waals surface area contributed by atoms with Gasteiger partial charge in [0, 0.05) is 31.3 Å². The molecule has 5 rings (SSSR count). The highest BCUT2D eigenvalue weighted by atomic mass is 32.3. The van der Waals surface area contributed by atoms with E-state index in [-0.39, 0.29) is 12.5 Å². The maximum atomic E-state index is 13.9. The van der Waals surface area contributed by atoms with Gasteiger partial charge in [-0.05, 0) is 85.0 Å². The first-order valence-electron chi connectivity index (χ1n) is 15.9. The molecule has 244 valence electrons. The lowest BCUT2D eigenvalue weighted by atomic mass is 9.94. The van der Waals surface area contributed by atoms with Crippen LogP contribution in [0.2, 0.25) is 0 Å². The van der Waals surface area contributed by atoms with Crippen molar-refractivity contribution < 1.29 is 28.5 Å². The van der Waals surface area contributed by atoms with Gasteiger partial charge in [-0.3, -0.25) is 18.2 Å². The fourth-order valence-electron chi connectivity index (χ4n) is 6.39. The van der Waals surface area contributed by atoms with Crippen LogP contribution in [0, 0.1) is 0 Å². The monoisotopic (exact) mass is 637 g/mol. The molecule has 1 aliphatic carbocycles. The van der Waals surface area contributed by atoms with Crippen molar-refractivity contribution in [1.82, 2.24) is 10.6 Å². The van der Waals surface area contributed by atoms with E-state index in [1.807, 2.05) is 60.7 Å². The number of anilines is 1. The summed E-state index contributed by atoms with van der Waals surface area (Å²) in [5.74, 6) is 1.76. The number of ether oxygens (including phenoxy) is 2. The minimum absolute atomic E-state index is 0.249. The number of aliphatic hydroxyl groups is 1. The molecule has 3 aromatic rings. The van der Waals surface area contributed by atoms with Crippen molar-refractivity contribution in [2.45, 2.75) is 69.6 Å². The van der Waals surface area contributed by atoms with Gasteiger partial charge in [-0.25, -0.2) is 0 Å². The van der Waals surface area contributed by atoms with E-state index in [0.717, 1.165) is 55.2 Å². The maximum Gasteiger partial charge on any atom is 0.251 e. The van der Waals surface area contributed by atoms with Gasteiger partial charge < -0.3 is 25.2 Å². The molecule has 1 saturated carbocycles. The quantitative estimate of drug-likeness (QED) is 0.152. The topological polar surface area (TPSA) is 124 Å².